The predicted molar refractivity (Wildman–Crippen MR) is 136 cm³/mol. The largest absolute Gasteiger partial charge is 0.379 e. The molecule has 1 aromatic carbocycles. The van der Waals surface area contributed by atoms with Crippen molar-refractivity contribution in [3.63, 3.8) is 0 Å². The van der Waals surface area contributed by atoms with Crippen LogP contribution in [0.1, 0.15) is 43.2 Å². The molecule has 0 unspecified atom stereocenters. The van der Waals surface area contributed by atoms with E-state index in [2.05, 4.69) is 20.5 Å². The topological polar surface area (TPSA) is 52.1 Å². The highest BCUT2D eigenvalue weighted by Gasteiger charge is 2.38. The normalized spacial score (nSPS) is 19.7. The van der Waals surface area contributed by atoms with E-state index in [9.17, 15) is 4.39 Å². The first-order valence-electron chi connectivity index (χ1n) is 11.2. The number of nitrogens with zero attached hydrogens (tertiary/aromatic N) is 3. The van der Waals surface area contributed by atoms with Crippen LogP contribution in [-0.2, 0) is 17.8 Å². The van der Waals surface area contributed by atoms with E-state index in [0.29, 0.717) is 13.1 Å². The Bertz CT molecular complexity index is 703. The van der Waals surface area contributed by atoms with Gasteiger partial charge in [0, 0.05) is 50.9 Å². The molecule has 0 radical (unpaired) electrons. The summed E-state index contributed by atoms with van der Waals surface area (Å²) in [5.74, 6) is 0.645. The van der Waals surface area contributed by atoms with Gasteiger partial charge in [0.25, 0.3) is 0 Å². The molecule has 2 N–H and O–H groups in total. The lowest BCUT2D eigenvalue weighted by atomic mass is 9.80. The number of halogens is 2. The Morgan fingerprint density at radius 1 is 1.16 bits per heavy atom. The summed E-state index contributed by atoms with van der Waals surface area (Å²) in [6.45, 7) is 5.78. The van der Waals surface area contributed by atoms with Crippen LogP contribution in [0.3, 0.4) is 0 Å². The first-order chi connectivity index (χ1) is 14.5. The molecule has 1 saturated heterocycles. The summed E-state index contributed by atoms with van der Waals surface area (Å²) in [7, 11) is 5.71. The Balaban J connectivity index is 0.00000341. The second-order valence-corrected chi connectivity index (χ2v) is 8.83. The average molecular weight is 548 g/mol. The van der Waals surface area contributed by atoms with Crippen LogP contribution in [0.4, 0.5) is 4.39 Å². The standard InChI is InChI=1S/C23H38FN5O.HI/c1-25-22(26-16-19-7-8-21(24)20(15-19)17-28(2)3)27-18-23(9-5-4-6-10-23)29-11-13-30-14-12-29;/h7-8,15H,4-6,9-14,16-18H2,1-3H3,(H2,25,26,27);1H. The molecule has 2 aliphatic rings. The fourth-order valence-electron chi connectivity index (χ4n) is 4.71. The summed E-state index contributed by atoms with van der Waals surface area (Å²) >= 11 is 0. The quantitative estimate of drug-likeness (QED) is 0.312. The maximum Gasteiger partial charge on any atom is 0.191 e. The van der Waals surface area contributed by atoms with Gasteiger partial charge in [-0.15, -0.1) is 24.0 Å². The summed E-state index contributed by atoms with van der Waals surface area (Å²) in [4.78, 5) is 9.03. The number of benzene rings is 1. The number of rotatable bonds is 7. The summed E-state index contributed by atoms with van der Waals surface area (Å²) in [6, 6.07) is 5.33. The van der Waals surface area contributed by atoms with E-state index in [1.807, 2.05) is 31.1 Å². The highest BCUT2D eigenvalue weighted by atomic mass is 127. The molecule has 2 fully saturated rings. The monoisotopic (exact) mass is 547 g/mol. The Kier molecular flexibility index (Phi) is 10.9. The van der Waals surface area contributed by atoms with E-state index < -0.39 is 0 Å². The first-order valence-corrected chi connectivity index (χ1v) is 11.2. The second kappa shape index (κ2) is 12.9. The van der Waals surface area contributed by atoms with E-state index in [1.54, 1.807) is 13.1 Å². The average Bonchev–Trinajstić information content (AvgIpc) is 2.77. The third-order valence-corrected chi connectivity index (χ3v) is 6.33. The van der Waals surface area contributed by atoms with Gasteiger partial charge in [-0.1, -0.05) is 25.3 Å². The Hall–Kier alpha value is -0.970. The maximum atomic E-state index is 14.0. The fraction of sp³-hybridized carbons (Fsp3) is 0.696. The lowest BCUT2D eigenvalue weighted by Gasteiger charge is -2.48. The van der Waals surface area contributed by atoms with Gasteiger partial charge in [0.15, 0.2) is 5.96 Å². The van der Waals surface area contributed by atoms with Crippen molar-refractivity contribution >= 4 is 29.9 Å². The molecule has 176 valence electrons. The van der Waals surface area contributed by atoms with Gasteiger partial charge < -0.3 is 20.3 Å². The number of aliphatic imine (C=N–C) groups is 1. The fourth-order valence-corrected chi connectivity index (χ4v) is 4.71. The SMILES string of the molecule is CN=C(NCc1ccc(F)c(CN(C)C)c1)NCC1(N2CCOCC2)CCCCC1.I. The number of hydrogen-bond donors (Lipinski definition) is 2. The molecule has 0 aromatic heterocycles. The zero-order valence-electron chi connectivity index (χ0n) is 19.3. The van der Waals surface area contributed by atoms with E-state index in [-0.39, 0.29) is 35.3 Å². The summed E-state index contributed by atoms with van der Waals surface area (Å²) in [5, 5.41) is 6.98. The molecule has 0 spiro atoms. The third kappa shape index (κ3) is 7.54. The molecule has 3 rings (SSSR count). The van der Waals surface area contributed by atoms with E-state index >= 15 is 0 Å². The minimum absolute atomic E-state index is 0. The van der Waals surface area contributed by atoms with Crippen molar-refractivity contribution in [3.8, 4) is 0 Å². The molecule has 8 heteroatoms. The highest BCUT2D eigenvalue weighted by Crippen LogP contribution is 2.33. The van der Waals surface area contributed by atoms with E-state index in [1.165, 1.54) is 32.1 Å². The number of morpholine rings is 1. The lowest BCUT2D eigenvalue weighted by molar-refractivity contribution is -0.0352. The van der Waals surface area contributed by atoms with Gasteiger partial charge in [0.1, 0.15) is 5.82 Å². The zero-order chi connectivity index (χ0) is 21.4. The molecule has 6 nitrogen and oxygen atoms in total. The van der Waals surface area contributed by atoms with Crippen molar-refractivity contribution in [1.29, 1.82) is 0 Å². The summed E-state index contributed by atoms with van der Waals surface area (Å²) < 4.78 is 19.6. The van der Waals surface area contributed by atoms with Crippen LogP contribution in [0, 0.1) is 5.82 Å². The Morgan fingerprint density at radius 2 is 1.87 bits per heavy atom. The number of guanidine groups is 1. The summed E-state index contributed by atoms with van der Waals surface area (Å²) in [6.07, 6.45) is 6.36. The number of hydrogen-bond acceptors (Lipinski definition) is 4. The molecule has 0 amide bonds. The van der Waals surface area contributed by atoms with Crippen molar-refractivity contribution in [2.24, 2.45) is 4.99 Å². The van der Waals surface area contributed by atoms with Crippen LogP contribution >= 0.6 is 24.0 Å². The minimum Gasteiger partial charge on any atom is -0.379 e. The molecule has 0 bridgehead atoms. The van der Waals surface area contributed by atoms with Crippen molar-refractivity contribution < 1.29 is 9.13 Å². The Labute approximate surface area is 204 Å². The van der Waals surface area contributed by atoms with Crippen LogP contribution in [-0.4, -0.2) is 75.3 Å². The maximum absolute atomic E-state index is 14.0. The number of nitrogens with one attached hydrogen (secondary N) is 2. The predicted octanol–water partition coefficient (Wildman–Crippen LogP) is 3.21. The van der Waals surface area contributed by atoms with Gasteiger partial charge in [-0.3, -0.25) is 9.89 Å². The van der Waals surface area contributed by atoms with Gasteiger partial charge in [-0.2, -0.15) is 0 Å². The molecular weight excluding hydrogens is 508 g/mol. The van der Waals surface area contributed by atoms with Gasteiger partial charge >= 0.3 is 0 Å². The molecule has 1 aromatic rings. The molecule has 1 aliphatic carbocycles. The van der Waals surface area contributed by atoms with Crippen molar-refractivity contribution in [3.05, 3.63) is 35.1 Å². The number of ether oxygens (including phenoxy) is 1. The first kappa shape index (κ1) is 26.3. The van der Waals surface area contributed by atoms with Crippen LogP contribution in [0.2, 0.25) is 0 Å². The molecule has 1 saturated carbocycles. The lowest BCUT2D eigenvalue weighted by Crippen LogP contribution is -2.60. The van der Waals surface area contributed by atoms with Crippen molar-refractivity contribution in [1.82, 2.24) is 20.4 Å². The molecule has 0 atom stereocenters. The second-order valence-electron chi connectivity index (χ2n) is 8.83. The van der Waals surface area contributed by atoms with E-state index in [0.717, 1.165) is 49.9 Å². The molecule has 1 aliphatic heterocycles. The highest BCUT2D eigenvalue weighted by molar-refractivity contribution is 14.0. The van der Waals surface area contributed by atoms with Crippen LogP contribution < -0.4 is 10.6 Å². The van der Waals surface area contributed by atoms with Gasteiger partial charge in [-0.05, 0) is 44.6 Å². The van der Waals surface area contributed by atoms with Crippen LogP contribution in [0.25, 0.3) is 0 Å². The van der Waals surface area contributed by atoms with Crippen LogP contribution in [0.5, 0.6) is 0 Å². The molecular formula is C23H39FIN5O. The summed E-state index contributed by atoms with van der Waals surface area (Å²) in [5.41, 5.74) is 1.96. The minimum atomic E-state index is -0.153. The van der Waals surface area contributed by atoms with Crippen molar-refractivity contribution in [2.75, 3.05) is 54.0 Å². The van der Waals surface area contributed by atoms with Gasteiger partial charge in [0.05, 0.1) is 13.2 Å². The third-order valence-electron chi connectivity index (χ3n) is 6.33. The molecule has 31 heavy (non-hydrogen) atoms. The molecule has 1 heterocycles. The Morgan fingerprint density at radius 3 is 2.52 bits per heavy atom. The van der Waals surface area contributed by atoms with Crippen molar-refractivity contribution in [2.45, 2.75) is 50.7 Å². The zero-order valence-corrected chi connectivity index (χ0v) is 21.6. The van der Waals surface area contributed by atoms with Gasteiger partial charge in [-0.25, -0.2) is 4.39 Å². The van der Waals surface area contributed by atoms with E-state index in [4.69, 9.17) is 4.74 Å². The van der Waals surface area contributed by atoms with Crippen LogP contribution in [0.15, 0.2) is 23.2 Å². The smallest absolute Gasteiger partial charge is 0.191 e. The van der Waals surface area contributed by atoms with Gasteiger partial charge in [0.2, 0.25) is 0 Å².